The van der Waals surface area contributed by atoms with Gasteiger partial charge in [0, 0.05) is 18.2 Å². The van der Waals surface area contributed by atoms with Crippen molar-refractivity contribution in [1.29, 1.82) is 0 Å². The molecule has 1 atom stereocenters. The van der Waals surface area contributed by atoms with Crippen LogP contribution in [-0.2, 0) is 11.2 Å². The zero-order valence-corrected chi connectivity index (χ0v) is 16.8. The molecule has 148 valence electrons. The summed E-state index contributed by atoms with van der Waals surface area (Å²) in [4.78, 5) is 16.7. The smallest absolute Gasteiger partial charge is 0.258 e. The van der Waals surface area contributed by atoms with Crippen LogP contribution in [0.15, 0.2) is 60.8 Å². The maximum absolute atomic E-state index is 12.1. The topological polar surface area (TPSA) is 60.5 Å². The lowest BCUT2D eigenvalue weighted by molar-refractivity contribution is -0.123. The number of amides is 1. The number of fused-ring (bicyclic) bond motifs is 1. The highest BCUT2D eigenvalue weighted by molar-refractivity contribution is 6.32. The zero-order chi connectivity index (χ0) is 20.2. The fourth-order valence-electron chi connectivity index (χ4n) is 3.39. The van der Waals surface area contributed by atoms with Gasteiger partial charge in [-0.1, -0.05) is 41.9 Å². The van der Waals surface area contributed by atoms with E-state index in [4.69, 9.17) is 21.1 Å². The first-order chi connectivity index (χ1) is 14.1. The normalized spacial score (nSPS) is 14.8. The van der Waals surface area contributed by atoms with E-state index in [0.717, 1.165) is 34.6 Å². The highest BCUT2D eigenvalue weighted by Crippen LogP contribution is 2.38. The second-order valence-electron chi connectivity index (χ2n) is 6.93. The summed E-state index contributed by atoms with van der Waals surface area (Å²) in [6, 6.07) is 17.1. The molecule has 29 heavy (non-hydrogen) atoms. The van der Waals surface area contributed by atoms with Crippen LogP contribution < -0.4 is 14.8 Å². The Morgan fingerprint density at radius 3 is 2.90 bits per heavy atom. The Morgan fingerprint density at radius 1 is 1.21 bits per heavy atom. The number of nitrogens with zero attached hydrogens (tertiary/aromatic N) is 1. The van der Waals surface area contributed by atoms with Gasteiger partial charge in [0.25, 0.3) is 5.91 Å². The molecule has 0 spiro atoms. The van der Waals surface area contributed by atoms with Crippen LogP contribution in [-0.4, -0.2) is 30.1 Å². The van der Waals surface area contributed by atoms with Crippen molar-refractivity contribution in [2.24, 2.45) is 0 Å². The van der Waals surface area contributed by atoms with Gasteiger partial charge in [-0.2, -0.15) is 0 Å². The molecule has 4 rings (SSSR count). The molecule has 0 unspecified atom stereocenters. The first kappa shape index (κ1) is 19.3. The van der Waals surface area contributed by atoms with Crippen LogP contribution in [0, 0.1) is 6.92 Å². The molecule has 0 fully saturated rings. The van der Waals surface area contributed by atoms with E-state index in [0.29, 0.717) is 17.3 Å². The number of para-hydroxylation sites is 2. The van der Waals surface area contributed by atoms with Gasteiger partial charge in [0.15, 0.2) is 6.61 Å². The predicted molar refractivity (Wildman–Crippen MR) is 112 cm³/mol. The molecule has 6 heteroatoms. The van der Waals surface area contributed by atoms with E-state index in [9.17, 15) is 4.79 Å². The van der Waals surface area contributed by atoms with Gasteiger partial charge in [0.2, 0.25) is 0 Å². The Morgan fingerprint density at radius 2 is 2.07 bits per heavy atom. The lowest BCUT2D eigenvalue weighted by atomic mass is 10.0. The van der Waals surface area contributed by atoms with E-state index >= 15 is 0 Å². The average molecular weight is 409 g/mol. The number of pyridine rings is 1. The van der Waals surface area contributed by atoms with Gasteiger partial charge in [-0.25, -0.2) is 0 Å². The SMILES string of the molecule is Cc1cccnc1-c1cccc2c1O[C@H](CNC(=O)COc1ccccc1Cl)C2. The Bertz CT molecular complexity index is 1040. The van der Waals surface area contributed by atoms with E-state index < -0.39 is 0 Å². The summed E-state index contributed by atoms with van der Waals surface area (Å²) < 4.78 is 11.6. The fraction of sp³-hybridized carbons (Fsp3) is 0.217. The minimum absolute atomic E-state index is 0.0955. The molecule has 0 saturated heterocycles. The van der Waals surface area contributed by atoms with Crippen molar-refractivity contribution < 1.29 is 14.3 Å². The summed E-state index contributed by atoms with van der Waals surface area (Å²) in [7, 11) is 0. The summed E-state index contributed by atoms with van der Waals surface area (Å²) in [6.07, 6.45) is 2.40. The largest absolute Gasteiger partial charge is 0.487 e. The molecule has 5 nitrogen and oxygen atoms in total. The van der Waals surface area contributed by atoms with Crippen LogP contribution in [0.2, 0.25) is 5.02 Å². The van der Waals surface area contributed by atoms with Crippen molar-refractivity contribution in [2.45, 2.75) is 19.4 Å². The summed E-state index contributed by atoms with van der Waals surface area (Å²) in [5.41, 5.74) is 4.12. The molecule has 2 heterocycles. The number of nitrogens with one attached hydrogen (secondary N) is 1. The standard InChI is InChI=1S/C23H21ClN2O3/c1-15-6-5-11-25-22(15)18-8-4-7-16-12-17(29-23(16)18)13-26-21(27)14-28-20-10-3-2-9-19(20)24/h2-11,17H,12-14H2,1H3,(H,26,27)/t17-/m0/s1. The van der Waals surface area contributed by atoms with Crippen molar-refractivity contribution in [3.63, 3.8) is 0 Å². The third-order valence-corrected chi connectivity index (χ3v) is 5.13. The fourth-order valence-corrected chi connectivity index (χ4v) is 3.58. The van der Waals surface area contributed by atoms with Crippen LogP contribution >= 0.6 is 11.6 Å². The molecule has 1 aliphatic rings. The first-order valence-corrected chi connectivity index (χ1v) is 9.84. The van der Waals surface area contributed by atoms with Crippen molar-refractivity contribution in [3.8, 4) is 22.8 Å². The van der Waals surface area contributed by atoms with Crippen LogP contribution in [0.3, 0.4) is 0 Å². The van der Waals surface area contributed by atoms with E-state index in [1.165, 1.54) is 0 Å². The highest BCUT2D eigenvalue weighted by Gasteiger charge is 2.26. The number of carbonyl (C=O) groups excluding carboxylic acids is 1. The highest BCUT2D eigenvalue weighted by atomic mass is 35.5. The minimum Gasteiger partial charge on any atom is -0.487 e. The second kappa shape index (κ2) is 8.53. The Balaban J connectivity index is 1.36. The second-order valence-corrected chi connectivity index (χ2v) is 7.34. The van der Waals surface area contributed by atoms with Gasteiger partial charge in [-0.15, -0.1) is 0 Å². The van der Waals surface area contributed by atoms with Crippen molar-refractivity contribution in [2.75, 3.05) is 13.2 Å². The summed E-state index contributed by atoms with van der Waals surface area (Å²) in [6.45, 7) is 2.34. The molecule has 2 aromatic carbocycles. The van der Waals surface area contributed by atoms with Gasteiger partial charge in [0.05, 0.1) is 17.3 Å². The number of hydrogen-bond donors (Lipinski definition) is 1. The molecule has 0 radical (unpaired) electrons. The van der Waals surface area contributed by atoms with Gasteiger partial charge in [-0.05, 0) is 42.3 Å². The first-order valence-electron chi connectivity index (χ1n) is 9.46. The number of aromatic nitrogens is 1. The van der Waals surface area contributed by atoms with E-state index in [1.807, 2.05) is 43.3 Å². The lowest BCUT2D eigenvalue weighted by Gasteiger charge is -2.14. The molecular formula is C23H21ClN2O3. The number of aryl methyl sites for hydroxylation is 1. The molecule has 3 aromatic rings. The van der Waals surface area contributed by atoms with Crippen molar-refractivity contribution in [3.05, 3.63) is 76.9 Å². The summed E-state index contributed by atoms with van der Waals surface area (Å²) in [5.74, 6) is 1.12. The number of carbonyl (C=O) groups is 1. The quantitative estimate of drug-likeness (QED) is 0.663. The molecule has 1 aliphatic heterocycles. The third kappa shape index (κ3) is 4.35. The molecule has 0 aliphatic carbocycles. The van der Waals surface area contributed by atoms with Crippen molar-refractivity contribution in [1.82, 2.24) is 10.3 Å². The third-order valence-electron chi connectivity index (χ3n) is 4.82. The van der Waals surface area contributed by atoms with Crippen LogP contribution in [0.5, 0.6) is 11.5 Å². The maximum Gasteiger partial charge on any atom is 0.258 e. The van der Waals surface area contributed by atoms with E-state index in [1.54, 1.807) is 18.3 Å². The van der Waals surface area contributed by atoms with Crippen LogP contribution in [0.4, 0.5) is 0 Å². The number of ether oxygens (including phenoxy) is 2. The van der Waals surface area contributed by atoms with E-state index in [2.05, 4.69) is 16.4 Å². The van der Waals surface area contributed by atoms with Crippen molar-refractivity contribution >= 4 is 17.5 Å². The molecule has 1 amide bonds. The summed E-state index contributed by atoms with van der Waals surface area (Å²) in [5, 5.41) is 3.35. The monoisotopic (exact) mass is 408 g/mol. The Hall–Kier alpha value is -3.05. The average Bonchev–Trinajstić information content (AvgIpc) is 3.15. The predicted octanol–water partition coefficient (Wildman–Crippen LogP) is 4.21. The number of hydrogen-bond acceptors (Lipinski definition) is 4. The summed E-state index contributed by atoms with van der Waals surface area (Å²) >= 11 is 6.03. The van der Waals surface area contributed by atoms with E-state index in [-0.39, 0.29) is 18.6 Å². The Kier molecular flexibility index (Phi) is 5.67. The molecule has 0 saturated carbocycles. The minimum atomic E-state index is -0.217. The molecule has 1 N–H and O–H groups in total. The number of rotatable bonds is 6. The van der Waals surface area contributed by atoms with Gasteiger partial charge in [0.1, 0.15) is 17.6 Å². The number of benzene rings is 2. The number of halogens is 1. The zero-order valence-electron chi connectivity index (χ0n) is 16.0. The van der Waals surface area contributed by atoms with Gasteiger partial charge >= 0.3 is 0 Å². The maximum atomic E-state index is 12.1. The molecule has 1 aromatic heterocycles. The van der Waals surface area contributed by atoms with Gasteiger partial charge in [-0.3, -0.25) is 9.78 Å². The molecular weight excluding hydrogens is 388 g/mol. The van der Waals surface area contributed by atoms with Gasteiger partial charge < -0.3 is 14.8 Å². The Labute approximate surface area is 174 Å². The van der Waals surface area contributed by atoms with Crippen LogP contribution in [0.1, 0.15) is 11.1 Å². The lowest BCUT2D eigenvalue weighted by Crippen LogP contribution is -2.37. The van der Waals surface area contributed by atoms with Crippen LogP contribution in [0.25, 0.3) is 11.3 Å². The molecule has 0 bridgehead atoms.